The summed E-state index contributed by atoms with van der Waals surface area (Å²) in [5, 5.41) is 3.16. The Hall–Kier alpha value is -0.570. The summed E-state index contributed by atoms with van der Waals surface area (Å²) in [7, 11) is 0. The van der Waals surface area contributed by atoms with Gasteiger partial charge in [-0.3, -0.25) is 4.79 Å². The smallest absolute Gasteiger partial charge is 0.220 e. The number of nitrogens with one attached hydrogen (secondary N) is 1. The minimum absolute atomic E-state index is 0.233. The van der Waals surface area contributed by atoms with Crippen LogP contribution in [0.5, 0.6) is 0 Å². The SMILES string of the molecule is CC1CCCC(NC(=O)CCCCCN)C1. The zero-order valence-corrected chi connectivity index (χ0v) is 10.5. The summed E-state index contributed by atoms with van der Waals surface area (Å²) < 4.78 is 0. The van der Waals surface area contributed by atoms with Crippen LogP contribution in [0.3, 0.4) is 0 Å². The van der Waals surface area contributed by atoms with Crippen molar-refractivity contribution < 1.29 is 4.79 Å². The molecule has 0 aromatic heterocycles. The predicted molar refractivity (Wildman–Crippen MR) is 67.1 cm³/mol. The molecule has 1 saturated carbocycles. The van der Waals surface area contributed by atoms with Gasteiger partial charge >= 0.3 is 0 Å². The molecule has 1 aliphatic carbocycles. The van der Waals surface area contributed by atoms with Crippen LogP contribution < -0.4 is 11.1 Å². The molecule has 0 radical (unpaired) electrons. The molecule has 1 rings (SSSR count). The number of hydrogen-bond donors (Lipinski definition) is 2. The summed E-state index contributed by atoms with van der Waals surface area (Å²) in [6, 6.07) is 0.436. The van der Waals surface area contributed by atoms with Crippen molar-refractivity contribution in [3.05, 3.63) is 0 Å². The Kier molecular flexibility index (Phi) is 6.46. The van der Waals surface area contributed by atoms with Crippen molar-refractivity contribution in [1.29, 1.82) is 0 Å². The molecule has 0 saturated heterocycles. The van der Waals surface area contributed by atoms with Crippen LogP contribution in [0.25, 0.3) is 0 Å². The number of amides is 1. The summed E-state index contributed by atoms with van der Waals surface area (Å²) in [4.78, 5) is 11.6. The minimum Gasteiger partial charge on any atom is -0.353 e. The van der Waals surface area contributed by atoms with E-state index in [0.29, 0.717) is 12.5 Å². The van der Waals surface area contributed by atoms with E-state index in [1.807, 2.05) is 0 Å². The second-order valence-corrected chi connectivity index (χ2v) is 5.14. The Morgan fingerprint density at radius 1 is 1.31 bits per heavy atom. The third kappa shape index (κ3) is 5.50. The lowest BCUT2D eigenvalue weighted by molar-refractivity contribution is -0.122. The standard InChI is InChI=1S/C13H26N2O/c1-11-6-5-7-12(10-11)15-13(16)8-3-2-4-9-14/h11-12H,2-10,14H2,1H3,(H,15,16). The predicted octanol–water partition coefficient (Wildman–Crippen LogP) is 2.20. The van der Waals surface area contributed by atoms with Crippen molar-refractivity contribution in [3.8, 4) is 0 Å². The van der Waals surface area contributed by atoms with Gasteiger partial charge in [0.25, 0.3) is 0 Å². The number of unbranched alkanes of at least 4 members (excludes halogenated alkanes) is 2. The first-order valence-electron chi connectivity index (χ1n) is 6.71. The van der Waals surface area contributed by atoms with Gasteiger partial charge in [0.15, 0.2) is 0 Å². The van der Waals surface area contributed by atoms with Gasteiger partial charge in [0.2, 0.25) is 5.91 Å². The van der Waals surface area contributed by atoms with Crippen LogP contribution in [0, 0.1) is 5.92 Å². The molecule has 0 bridgehead atoms. The topological polar surface area (TPSA) is 55.1 Å². The first-order chi connectivity index (χ1) is 7.72. The normalized spacial score (nSPS) is 25.4. The van der Waals surface area contributed by atoms with Crippen molar-refractivity contribution in [1.82, 2.24) is 5.32 Å². The van der Waals surface area contributed by atoms with E-state index >= 15 is 0 Å². The van der Waals surface area contributed by atoms with Gasteiger partial charge in [0, 0.05) is 12.5 Å². The maximum absolute atomic E-state index is 11.6. The average molecular weight is 226 g/mol. The molecule has 1 amide bonds. The molecule has 0 aromatic rings. The third-order valence-corrected chi connectivity index (χ3v) is 3.41. The molecule has 3 N–H and O–H groups in total. The quantitative estimate of drug-likeness (QED) is 0.682. The number of carbonyl (C=O) groups excluding carboxylic acids is 1. The molecule has 3 nitrogen and oxygen atoms in total. The molecule has 16 heavy (non-hydrogen) atoms. The summed E-state index contributed by atoms with van der Waals surface area (Å²) in [5.74, 6) is 1.01. The molecule has 0 heterocycles. The number of hydrogen-bond acceptors (Lipinski definition) is 2. The van der Waals surface area contributed by atoms with Gasteiger partial charge in [0.1, 0.15) is 0 Å². The highest BCUT2D eigenvalue weighted by Gasteiger charge is 2.19. The number of rotatable bonds is 6. The van der Waals surface area contributed by atoms with Crippen molar-refractivity contribution in [2.45, 2.75) is 64.3 Å². The molecule has 0 aliphatic heterocycles. The number of carbonyl (C=O) groups is 1. The highest BCUT2D eigenvalue weighted by Crippen LogP contribution is 2.23. The highest BCUT2D eigenvalue weighted by atomic mass is 16.1. The minimum atomic E-state index is 0.233. The van der Waals surface area contributed by atoms with E-state index in [0.717, 1.165) is 38.1 Å². The molecule has 2 atom stereocenters. The van der Waals surface area contributed by atoms with Crippen LogP contribution in [0.15, 0.2) is 0 Å². The van der Waals surface area contributed by atoms with Crippen molar-refractivity contribution in [3.63, 3.8) is 0 Å². The molecule has 1 aliphatic rings. The van der Waals surface area contributed by atoms with Crippen molar-refractivity contribution >= 4 is 5.91 Å². The van der Waals surface area contributed by atoms with Crippen LogP contribution in [-0.2, 0) is 4.79 Å². The van der Waals surface area contributed by atoms with Crippen molar-refractivity contribution in [2.24, 2.45) is 11.7 Å². The summed E-state index contributed by atoms with van der Waals surface area (Å²) in [6.07, 6.45) is 8.67. The van der Waals surface area contributed by atoms with E-state index < -0.39 is 0 Å². The Labute approximate surface area is 99.2 Å². The molecular formula is C13H26N2O. The van der Waals surface area contributed by atoms with Gasteiger partial charge in [-0.25, -0.2) is 0 Å². The van der Waals surface area contributed by atoms with Gasteiger partial charge in [0.05, 0.1) is 0 Å². The second-order valence-electron chi connectivity index (χ2n) is 5.14. The van der Waals surface area contributed by atoms with Crippen LogP contribution >= 0.6 is 0 Å². The van der Waals surface area contributed by atoms with E-state index in [1.165, 1.54) is 19.3 Å². The lowest BCUT2D eigenvalue weighted by Crippen LogP contribution is -2.37. The van der Waals surface area contributed by atoms with E-state index in [2.05, 4.69) is 12.2 Å². The Morgan fingerprint density at radius 2 is 2.12 bits per heavy atom. The molecule has 94 valence electrons. The zero-order chi connectivity index (χ0) is 11.8. The lowest BCUT2D eigenvalue weighted by Gasteiger charge is -2.27. The third-order valence-electron chi connectivity index (χ3n) is 3.41. The van der Waals surface area contributed by atoms with E-state index in [-0.39, 0.29) is 5.91 Å². The summed E-state index contributed by atoms with van der Waals surface area (Å²) >= 11 is 0. The fourth-order valence-electron chi connectivity index (χ4n) is 2.47. The summed E-state index contributed by atoms with van der Waals surface area (Å²) in [6.45, 7) is 3.02. The van der Waals surface area contributed by atoms with Gasteiger partial charge in [-0.1, -0.05) is 26.2 Å². The lowest BCUT2D eigenvalue weighted by atomic mass is 9.87. The Balaban J connectivity index is 2.08. The van der Waals surface area contributed by atoms with Crippen molar-refractivity contribution in [2.75, 3.05) is 6.54 Å². The Morgan fingerprint density at radius 3 is 2.81 bits per heavy atom. The molecular weight excluding hydrogens is 200 g/mol. The van der Waals surface area contributed by atoms with Crippen LogP contribution in [0.1, 0.15) is 58.3 Å². The van der Waals surface area contributed by atoms with Crippen LogP contribution in [0.4, 0.5) is 0 Å². The Bertz CT molecular complexity index is 206. The molecule has 0 spiro atoms. The van der Waals surface area contributed by atoms with Crippen LogP contribution in [0.2, 0.25) is 0 Å². The second kappa shape index (κ2) is 7.66. The zero-order valence-electron chi connectivity index (χ0n) is 10.5. The van der Waals surface area contributed by atoms with Gasteiger partial charge in [-0.2, -0.15) is 0 Å². The fourth-order valence-corrected chi connectivity index (χ4v) is 2.47. The average Bonchev–Trinajstić information content (AvgIpc) is 2.24. The molecule has 0 aromatic carbocycles. The maximum atomic E-state index is 11.6. The van der Waals surface area contributed by atoms with E-state index in [1.54, 1.807) is 0 Å². The van der Waals surface area contributed by atoms with Gasteiger partial charge < -0.3 is 11.1 Å². The summed E-state index contributed by atoms with van der Waals surface area (Å²) in [5.41, 5.74) is 5.41. The first kappa shape index (κ1) is 13.5. The van der Waals surface area contributed by atoms with Gasteiger partial charge in [-0.05, 0) is 38.1 Å². The molecule has 3 heteroatoms. The molecule has 1 fully saturated rings. The first-order valence-corrected chi connectivity index (χ1v) is 6.71. The maximum Gasteiger partial charge on any atom is 0.220 e. The largest absolute Gasteiger partial charge is 0.353 e. The molecule has 2 unspecified atom stereocenters. The monoisotopic (exact) mass is 226 g/mol. The van der Waals surface area contributed by atoms with E-state index in [9.17, 15) is 4.79 Å². The van der Waals surface area contributed by atoms with E-state index in [4.69, 9.17) is 5.73 Å². The fraction of sp³-hybridized carbons (Fsp3) is 0.923. The van der Waals surface area contributed by atoms with Gasteiger partial charge in [-0.15, -0.1) is 0 Å². The number of nitrogens with two attached hydrogens (primary N) is 1. The van der Waals surface area contributed by atoms with Crippen LogP contribution in [-0.4, -0.2) is 18.5 Å². The highest BCUT2D eigenvalue weighted by molar-refractivity contribution is 5.76.